The number of carbonyl (C=O) groups excluding carboxylic acids is 1. The first kappa shape index (κ1) is 23.7. The van der Waals surface area contributed by atoms with Gasteiger partial charge in [-0.25, -0.2) is 0 Å². The molecule has 0 aliphatic carbocycles. The van der Waals surface area contributed by atoms with E-state index in [9.17, 15) is 4.79 Å². The highest BCUT2D eigenvalue weighted by Gasteiger charge is 2.15. The molecule has 1 aromatic heterocycles. The highest BCUT2D eigenvalue weighted by molar-refractivity contribution is 9.10. The molecule has 8 nitrogen and oxygen atoms in total. The Morgan fingerprint density at radius 2 is 1.91 bits per heavy atom. The third-order valence-corrected chi connectivity index (χ3v) is 5.80. The Morgan fingerprint density at radius 1 is 1.16 bits per heavy atom. The molecule has 0 unspecified atom stereocenters. The van der Waals surface area contributed by atoms with Crippen molar-refractivity contribution in [3.05, 3.63) is 65.4 Å². The molecule has 0 fully saturated rings. The van der Waals surface area contributed by atoms with Gasteiger partial charge < -0.3 is 19.5 Å². The molecule has 0 bridgehead atoms. The quantitative estimate of drug-likeness (QED) is 0.294. The number of amides is 1. The second-order valence-electron chi connectivity index (χ2n) is 6.44. The molecule has 0 radical (unpaired) electrons. The van der Waals surface area contributed by atoms with Gasteiger partial charge in [-0.1, -0.05) is 33.8 Å². The second-order valence-corrected chi connectivity index (χ2v) is 8.30. The molecule has 1 amide bonds. The molecule has 0 atom stereocenters. The van der Waals surface area contributed by atoms with Crippen molar-refractivity contribution in [2.45, 2.75) is 18.3 Å². The average Bonchev–Trinajstić information content (AvgIpc) is 3.19. The van der Waals surface area contributed by atoms with Crippen molar-refractivity contribution in [2.24, 2.45) is 0 Å². The van der Waals surface area contributed by atoms with E-state index < -0.39 is 0 Å². The van der Waals surface area contributed by atoms with Crippen molar-refractivity contribution in [3.63, 3.8) is 0 Å². The van der Waals surface area contributed by atoms with Gasteiger partial charge in [-0.15, -0.1) is 16.8 Å². The number of thioether (sulfide) groups is 1. The zero-order valence-electron chi connectivity index (χ0n) is 17.7. The van der Waals surface area contributed by atoms with Crippen molar-refractivity contribution >= 4 is 39.3 Å². The van der Waals surface area contributed by atoms with E-state index in [0.717, 1.165) is 10.2 Å². The van der Waals surface area contributed by atoms with Crippen LogP contribution in [0.2, 0.25) is 0 Å². The predicted molar refractivity (Wildman–Crippen MR) is 128 cm³/mol. The van der Waals surface area contributed by atoms with E-state index in [-0.39, 0.29) is 18.3 Å². The number of methoxy groups -OCH3 is 2. The summed E-state index contributed by atoms with van der Waals surface area (Å²) in [6.07, 6.45) is 1.75. The van der Waals surface area contributed by atoms with Gasteiger partial charge in [0.05, 0.1) is 25.7 Å². The number of hydrogen-bond acceptors (Lipinski definition) is 7. The minimum atomic E-state index is -0.195. The highest BCUT2D eigenvalue weighted by Crippen LogP contribution is 2.29. The van der Waals surface area contributed by atoms with Crippen LogP contribution in [0.25, 0.3) is 0 Å². The van der Waals surface area contributed by atoms with E-state index >= 15 is 0 Å². The first-order valence-corrected chi connectivity index (χ1v) is 11.4. The topological polar surface area (TPSA) is 87.5 Å². The van der Waals surface area contributed by atoms with Crippen LogP contribution in [0, 0.1) is 0 Å². The van der Waals surface area contributed by atoms with Crippen LogP contribution in [-0.4, -0.2) is 40.6 Å². The summed E-state index contributed by atoms with van der Waals surface area (Å²) in [5.74, 6) is 2.49. The van der Waals surface area contributed by atoms with Crippen LogP contribution in [0.1, 0.15) is 5.82 Å². The number of carbonyl (C=O) groups is 1. The van der Waals surface area contributed by atoms with Crippen LogP contribution >= 0.6 is 27.7 Å². The van der Waals surface area contributed by atoms with Gasteiger partial charge in [-0.3, -0.25) is 9.36 Å². The molecule has 3 aromatic rings. The Labute approximate surface area is 199 Å². The number of nitrogens with zero attached hydrogens (tertiary/aromatic N) is 3. The van der Waals surface area contributed by atoms with Crippen LogP contribution in [0.3, 0.4) is 0 Å². The minimum Gasteiger partial charge on any atom is -0.497 e. The van der Waals surface area contributed by atoms with E-state index in [2.05, 4.69) is 38.0 Å². The number of benzene rings is 2. The minimum absolute atomic E-state index is 0.151. The van der Waals surface area contributed by atoms with E-state index in [1.807, 2.05) is 28.8 Å². The number of rotatable bonds is 11. The largest absolute Gasteiger partial charge is 0.497 e. The van der Waals surface area contributed by atoms with Gasteiger partial charge in [0.2, 0.25) is 5.91 Å². The molecule has 32 heavy (non-hydrogen) atoms. The van der Waals surface area contributed by atoms with Gasteiger partial charge in [0.1, 0.15) is 23.9 Å². The van der Waals surface area contributed by atoms with Gasteiger partial charge in [0.15, 0.2) is 11.0 Å². The first-order chi connectivity index (χ1) is 15.5. The standard InChI is InChI=1S/C22H23BrN4O4S/c1-4-11-27-20(13-31-16-7-5-15(23)6-8-16)25-26-22(27)32-14-21(28)24-18-10-9-17(29-2)12-19(18)30-3/h4-10,12H,1,11,13-14H2,2-3H3,(H,24,28). The highest BCUT2D eigenvalue weighted by atomic mass is 79.9. The molecule has 0 saturated carbocycles. The molecule has 0 saturated heterocycles. The molecular weight excluding hydrogens is 496 g/mol. The Bertz CT molecular complexity index is 1070. The summed E-state index contributed by atoms with van der Waals surface area (Å²) in [6.45, 7) is 4.55. The number of ether oxygens (including phenoxy) is 3. The van der Waals surface area contributed by atoms with E-state index in [4.69, 9.17) is 14.2 Å². The lowest BCUT2D eigenvalue weighted by atomic mass is 10.2. The normalized spacial score (nSPS) is 10.5. The van der Waals surface area contributed by atoms with Crippen molar-refractivity contribution in [1.29, 1.82) is 0 Å². The molecule has 0 aliphatic rings. The number of halogens is 1. The summed E-state index contributed by atoms with van der Waals surface area (Å²) >= 11 is 4.68. The maximum atomic E-state index is 12.5. The summed E-state index contributed by atoms with van der Waals surface area (Å²) in [6, 6.07) is 12.7. The maximum absolute atomic E-state index is 12.5. The molecule has 10 heteroatoms. The third kappa shape index (κ3) is 6.27. The fourth-order valence-electron chi connectivity index (χ4n) is 2.74. The molecule has 1 N–H and O–H groups in total. The van der Waals surface area contributed by atoms with Crippen LogP contribution in [0.4, 0.5) is 5.69 Å². The number of hydrogen-bond donors (Lipinski definition) is 1. The van der Waals surface area contributed by atoms with Crippen molar-refractivity contribution in [3.8, 4) is 17.2 Å². The van der Waals surface area contributed by atoms with Gasteiger partial charge in [0.25, 0.3) is 0 Å². The molecule has 0 aliphatic heterocycles. The number of anilines is 1. The molecular formula is C22H23BrN4O4S. The lowest BCUT2D eigenvalue weighted by Crippen LogP contribution is -2.15. The smallest absolute Gasteiger partial charge is 0.234 e. The van der Waals surface area contributed by atoms with Crippen molar-refractivity contribution in [2.75, 3.05) is 25.3 Å². The van der Waals surface area contributed by atoms with Crippen LogP contribution in [-0.2, 0) is 17.9 Å². The third-order valence-electron chi connectivity index (χ3n) is 4.30. The zero-order valence-corrected chi connectivity index (χ0v) is 20.1. The maximum Gasteiger partial charge on any atom is 0.234 e. The van der Waals surface area contributed by atoms with Crippen molar-refractivity contribution < 1.29 is 19.0 Å². The first-order valence-electron chi connectivity index (χ1n) is 9.60. The lowest BCUT2D eigenvalue weighted by Gasteiger charge is -2.12. The number of allylic oxidation sites excluding steroid dienone is 1. The van der Waals surface area contributed by atoms with E-state index in [1.165, 1.54) is 18.9 Å². The van der Waals surface area contributed by atoms with E-state index in [1.54, 1.807) is 31.4 Å². The summed E-state index contributed by atoms with van der Waals surface area (Å²) in [7, 11) is 3.11. The van der Waals surface area contributed by atoms with Gasteiger partial charge in [-0.2, -0.15) is 0 Å². The number of aromatic nitrogens is 3. The van der Waals surface area contributed by atoms with Gasteiger partial charge in [0, 0.05) is 17.1 Å². The molecule has 1 heterocycles. The Morgan fingerprint density at radius 3 is 2.59 bits per heavy atom. The molecule has 2 aromatic carbocycles. The summed E-state index contributed by atoms with van der Waals surface area (Å²) < 4.78 is 19.2. The zero-order chi connectivity index (χ0) is 22.9. The Balaban J connectivity index is 1.62. The number of nitrogens with one attached hydrogen (secondary N) is 1. The van der Waals surface area contributed by atoms with Gasteiger partial charge in [-0.05, 0) is 36.4 Å². The average molecular weight is 519 g/mol. The predicted octanol–water partition coefficient (Wildman–Crippen LogP) is 4.55. The van der Waals surface area contributed by atoms with Crippen LogP contribution in [0.5, 0.6) is 17.2 Å². The van der Waals surface area contributed by atoms with Crippen LogP contribution < -0.4 is 19.5 Å². The summed E-state index contributed by atoms with van der Waals surface area (Å²) in [5, 5.41) is 11.9. The molecule has 0 spiro atoms. The van der Waals surface area contributed by atoms with Crippen LogP contribution in [0.15, 0.2) is 64.7 Å². The van der Waals surface area contributed by atoms with Gasteiger partial charge >= 0.3 is 0 Å². The molecule has 168 valence electrons. The monoisotopic (exact) mass is 518 g/mol. The lowest BCUT2D eigenvalue weighted by molar-refractivity contribution is -0.113. The SMILES string of the molecule is C=CCn1c(COc2ccc(Br)cc2)nnc1SCC(=O)Nc1ccc(OC)cc1OC. The van der Waals surface area contributed by atoms with E-state index in [0.29, 0.717) is 34.7 Å². The fraction of sp³-hybridized carbons (Fsp3) is 0.227. The van der Waals surface area contributed by atoms with Crippen molar-refractivity contribution in [1.82, 2.24) is 14.8 Å². The summed E-state index contributed by atoms with van der Waals surface area (Å²) in [4.78, 5) is 12.5. The summed E-state index contributed by atoms with van der Waals surface area (Å²) in [5.41, 5.74) is 0.565. The molecule has 3 rings (SSSR count). The fourth-order valence-corrected chi connectivity index (χ4v) is 3.77. The Kier molecular flexibility index (Phi) is 8.57. The Hall–Kier alpha value is -2.98. The second kappa shape index (κ2) is 11.6.